The average Bonchev–Trinajstić information content (AvgIpc) is 2.88. The fourth-order valence-corrected chi connectivity index (χ4v) is 5.76. The van der Waals surface area contributed by atoms with Crippen LogP contribution in [0.2, 0.25) is 5.02 Å². The second-order valence-electron chi connectivity index (χ2n) is 5.05. The Labute approximate surface area is 159 Å². The summed E-state index contributed by atoms with van der Waals surface area (Å²) in [5, 5.41) is 3.42. The molecule has 22 heavy (non-hydrogen) atoms. The van der Waals surface area contributed by atoms with Crippen LogP contribution in [0.3, 0.4) is 0 Å². The standard InChI is InChI=1S/C18H9BrClIS/c19-13-2-1-3-15-17(13)18-14(21)8-11(9-16(18)22-15)10-4-6-12(20)7-5-10/h1-9H. The highest BCUT2D eigenvalue weighted by atomic mass is 127. The molecule has 0 atom stereocenters. The summed E-state index contributed by atoms with van der Waals surface area (Å²) < 4.78 is 5.07. The molecule has 4 aromatic rings. The van der Waals surface area contributed by atoms with Gasteiger partial charge >= 0.3 is 0 Å². The van der Waals surface area contributed by atoms with Crippen LogP contribution in [0.15, 0.2) is 59.1 Å². The fourth-order valence-electron chi connectivity index (χ4n) is 2.66. The Bertz CT molecular complexity index is 1010. The molecule has 0 aliphatic carbocycles. The van der Waals surface area contributed by atoms with Crippen LogP contribution in [-0.2, 0) is 0 Å². The van der Waals surface area contributed by atoms with Gasteiger partial charge in [0.25, 0.3) is 0 Å². The molecule has 0 fully saturated rings. The molecular formula is C18H9BrClIS. The molecule has 0 saturated heterocycles. The van der Waals surface area contributed by atoms with Gasteiger partial charge in [-0.05, 0) is 70.1 Å². The van der Waals surface area contributed by atoms with Gasteiger partial charge in [0.15, 0.2) is 0 Å². The highest BCUT2D eigenvalue weighted by molar-refractivity contribution is 14.1. The second kappa shape index (κ2) is 5.78. The summed E-state index contributed by atoms with van der Waals surface area (Å²) in [6.45, 7) is 0. The third-order valence-electron chi connectivity index (χ3n) is 3.68. The van der Waals surface area contributed by atoms with Gasteiger partial charge < -0.3 is 0 Å². The fraction of sp³-hybridized carbons (Fsp3) is 0. The van der Waals surface area contributed by atoms with E-state index in [2.05, 4.69) is 81.0 Å². The van der Waals surface area contributed by atoms with Gasteiger partial charge in [0.05, 0.1) is 0 Å². The van der Waals surface area contributed by atoms with E-state index in [-0.39, 0.29) is 0 Å². The first-order valence-electron chi connectivity index (χ1n) is 6.70. The molecule has 0 N–H and O–H groups in total. The minimum Gasteiger partial charge on any atom is -0.135 e. The minimum absolute atomic E-state index is 0.769. The highest BCUT2D eigenvalue weighted by Crippen LogP contribution is 2.42. The second-order valence-corrected chi connectivity index (χ2v) is 8.59. The van der Waals surface area contributed by atoms with Gasteiger partial charge in [-0.25, -0.2) is 0 Å². The van der Waals surface area contributed by atoms with Crippen molar-refractivity contribution in [1.29, 1.82) is 0 Å². The number of hydrogen-bond acceptors (Lipinski definition) is 1. The molecule has 108 valence electrons. The van der Waals surface area contributed by atoms with Gasteiger partial charge in [-0.1, -0.05) is 45.7 Å². The zero-order chi connectivity index (χ0) is 15.3. The van der Waals surface area contributed by atoms with Gasteiger partial charge in [0.1, 0.15) is 0 Å². The lowest BCUT2D eigenvalue weighted by molar-refractivity contribution is 1.64. The Hall–Kier alpha value is -0.620. The first-order valence-corrected chi connectivity index (χ1v) is 9.76. The van der Waals surface area contributed by atoms with Crippen molar-refractivity contribution in [3.63, 3.8) is 0 Å². The Morgan fingerprint density at radius 1 is 0.864 bits per heavy atom. The van der Waals surface area contributed by atoms with Gasteiger partial charge in [0, 0.05) is 33.2 Å². The molecule has 1 aromatic heterocycles. The van der Waals surface area contributed by atoms with E-state index in [1.807, 2.05) is 23.5 Å². The summed E-state index contributed by atoms with van der Waals surface area (Å²) in [5.41, 5.74) is 2.43. The molecule has 0 unspecified atom stereocenters. The number of fused-ring (bicyclic) bond motifs is 3. The summed E-state index contributed by atoms with van der Waals surface area (Å²) >= 11 is 14.0. The van der Waals surface area contributed by atoms with Gasteiger partial charge in [-0.3, -0.25) is 0 Å². The molecule has 0 amide bonds. The molecular weight excluding hydrogens is 491 g/mol. The van der Waals surface area contributed by atoms with E-state index in [1.54, 1.807) is 0 Å². The van der Waals surface area contributed by atoms with Crippen LogP contribution >= 0.6 is 61.5 Å². The summed E-state index contributed by atoms with van der Waals surface area (Å²) in [6.07, 6.45) is 0. The Balaban J connectivity index is 2.03. The van der Waals surface area contributed by atoms with Gasteiger partial charge in [-0.15, -0.1) is 11.3 Å². The van der Waals surface area contributed by atoms with E-state index in [0.29, 0.717) is 0 Å². The van der Waals surface area contributed by atoms with E-state index < -0.39 is 0 Å². The number of hydrogen-bond donors (Lipinski definition) is 0. The van der Waals surface area contributed by atoms with Crippen molar-refractivity contribution in [3.8, 4) is 11.1 Å². The molecule has 0 aliphatic heterocycles. The van der Waals surface area contributed by atoms with E-state index in [4.69, 9.17) is 11.6 Å². The maximum Gasteiger partial charge on any atom is 0.0406 e. The summed E-state index contributed by atoms with van der Waals surface area (Å²) in [4.78, 5) is 0. The third-order valence-corrected chi connectivity index (χ3v) is 6.54. The van der Waals surface area contributed by atoms with E-state index in [1.165, 1.54) is 34.9 Å². The Kier molecular flexibility index (Phi) is 3.93. The van der Waals surface area contributed by atoms with Crippen molar-refractivity contribution >= 4 is 81.6 Å². The normalized spacial score (nSPS) is 11.4. The van der Waals surface area contributed by atoms with Gasteiger partial charge in [-0.2, -0.15) is 0 Å². The maximum atomic E-state index is 5.99. The number of halogens is 3. The largest absolute Gasteiger partial charge is 0.135 e. The number of thiophene rings is 1. The van der Waals surface area contributed by atoms with Gasteiger partial charge in [0.2, 0.25) is 0 Å². The van der Waals surface area contributed by atoms with Crippen molar-refractivity contribution in [2.45, 2.75) is 0 Å². The summed E-state index contributed by atoms with van der Waals surface area (Å²) in [7, 11) is 0. The van der Waals surface area contributed by atoms with Crippen LogP contribution in [0.4, 0.5) is 0 Å². The van der Waals surface area contributed by atoms with Crippen LogP contribution in [0, 0.1) is 3.57 Å². The van der Waals surface area contributed by atoms with Crippen molar-refractivity contribution in [1.82, 2.24) is 0 Å². The van der Waals surface area contributed by atoms with Crippen LogP contribution < -0.4 is 0 Å². The first-order chi connectivity index (χ1) is 10.6. The Morgan fingerprint density at radius 3 is 2.41 bits per heavy atom. The van der Waals surface area contributed by atoms with Crippen molar-refractivity contribution in [2.75, 3.05) is 0 Å². The van der Waals surface area contributed by atoms with E-state index in [9.17, 15) is 0 Å². The van der Waals surface area contributed by atoms with E-state index >= 15 is 0 Å². The van der Waals surface area contributed by atoms with Crippen molar-refractivity contribution < 1.29 is 0 Å². The zero-order valence-electron chi connectivity index (χ0n) is 11.2. The molecule has 4 heteroatoms. The summed E-state index contributed by atoms with van der Waals surface area (Å²) in [6, 6.07) is 18.9. The SMILES string of the molecule is Clc1ccc(-c2cc(I)c3c(c2)sc2cccc(Br)c23)cc1. The molecule has 0 spiro atoms. The molecule has 1 heterocycles. The molecule has 4 rings (SSSR count). The monoisotopic (exact) mass is 498 g/mol. The Morgan fingerprint density at radius 2 is 1.64 bits per heavy atom. The van der Waals surface area contributed by atoms with Crippen LogP contribution in [0.25, 0.3) is 31.3 Å². The smallest absolute Gasteiger partial charge is 0.0406 e. The molecule has 3 aromatic carbocycles. The average molecular weight is 500 g/mol. The van der Waals surface area contributed by atoms with Crippen LogP contribution in [0.1, 0.15) is 0 Å². The lowest BCUT2D eigenvalue weighted by Crippen LogP contribution is -1.81. The molecule has 0 radical (unpaired) electrons. The minimum atomic E-state index is 0.769. The van der Waals surface area contributed by atoms with Crippen molar-refractivity contribution in [2.24, 2.45) is 0 Å². The highest BCUT2D eigenvalue weighted by Gasteiger charge is 2.12. The maximum absolute atomic E-state index is 5.99. The van der Waals surface area contributed by atoms with Crippen LogP contribution in [0.5, 0.6) is 0 Å². The first kappa shape index (κ1) is 14.9. The topological polar surface area (TPSA) is 0 Å². The molecule has 0 nitrogen and oxygen atoms in total. The predicted octanol–water partition coefficient (Wildman–Crippen LogP) is 7.74. The summed E-state index contributed by atoms with van der Waals surface area (Å²) in [5.74, 6) is 0. The number of benzene rings is 3. The molecule has 0 saturated carbocycles. The quantitative estimate of drug-likeness (QED) is 0.235. The zero-order valence-corrected chi connectivity index (χ0v) is 16.6. The molecule has 0 bridgehead atoms. The number of rotatable bonds is 1. The van der Waals surface area contributed by atoms with Crippen molar-refractivity contribution in [3.05, 3.63) is 67.7 Å². The van der Waals surface area contributed by atoms with E-state index in [0.717, 1.165) is 9.50 Å². The predicted molar refractivity (Wildman–Crippen MR) is 110 cm³/mol. The lowest BCUT2D eigenvalue weighted by atomic mass is 10.0. The molecule has 0 aliphatic rings. The lowest BCUT2D eigenvalue weighted by Gasteiger charge is -2.05. The van der Waals surface area contributed by atoms with Crippen LogP contribution in [-0.4, -0.2) is 0 Å². The third kappa shape index (κ3) is 2.48.